The van der Waals surface area contributed by atoms with Crippen LogP contribution in [0.1, 0.15) is 31.7 Å². The largest absolute Gasteiger partial charge is 0.338 e. The van der Waals surface area contributed by atoms with Crippen molar-refractivity contribution in [3.8, 4) is 0 Å². The van der Waals surface area contributed by atoms with Crippen molar-refractivity contribution in [2.75, 3.05) is 18.0 Å². The first-order valence-electron chi connectivity index (χ1n) is 6.64. The molecule has 0 atom stereocenters. The van der Waals surface area contributed by atoms with Crippen LogP contribution in [0.4, 0.5) is 10.5 Å². The number of nitrogens with zero attached hydrogens (tertiary/aromatic N) is 1. The Morgan fingerprint density at radius 2 is 2.17 bits per heavy atom. The van der Waals surface area contributed by atoms with Crippen LogP contribution in [0, 0.1) is 0 Å². The summed E-state index contributed by atoms with van der Waals surface area (Å²) in [5, 5.41) is 2.98. The average Bonchev–Trinajstić information content (AvgIpc) is 2.43. The molecule has 1 heterocycles. The van der Waals surface area contributed by atoms with E-state index in [2.05, 4.69) is 18.3 Å². The number of carbonyl (C=O) groups excluding carboxylic acids is 1. The van der Waals surface area contributed by atoms with Gasteiger partial charge < -0.3 is 5.32 Å². The highest BCUT2D eigenvalue weighted by Gasteiger charge is 2.18. The fourth-order valence-corrected chi connectivity index (χ4v) is 2.12. The molecule has 1 aromatic carbocycles. The van der Waals surface area contributed by atoms with E-state index in [1.54, 1.807) is 4.90 Å². The van der Waals surface area contributed by atoms with Gasteiger partial charge in [-0.1, -0.05) is 50.1 Å². The molecule has 3 nitrogen and oxygen atoms in total. The third-order valence-corrected chi connectivity index (χ3v) is 3.11. The number of anilines is 1. The Labute approximate surface area is 108 Å². The molecule has 0 fully saturated rings. The lowest BCUT2D eigenvalue weighted by Gasteiger charge is -2.26. The third kappa shape index (κ3) is 2.92. The molecule has 3 heteroatoms. The Morgan fingerprint density at radius 1 is 1.33 bits per heavy atom. The van der Waals surface area contributed by atoms with Crippen LogP contribution in [-0.4, -0.2) is 19.1 Å². The van der Waals surface area contributed by atoms with E-state index in [1.807, 2.05) is 30.3 Å². The SMILES string of the molecule is CCCCCNC(=O)N1CC=Cc2ccccc21. The zero-order valence-corrected chi connectivity index (χ0v) is 10.9. The van der Waals surface area contributed by atoms with Crippen molar-refractivity contribution in [2.45, 2.75) is 26.2 Å². The lowest BCUT2D eigenvalue weighted by atomic mass is 10.1. The molecule has 0 bridgehead atoms. The van der Waals surface area contributed by atoms with Crippen LogP contribution >= 0.6 is 0 Å². The first kappa shape index (κ1) is 12.7. The minimum absolute atomic E-state index is 0.00269. The Kier molecular flexibility index (Phi) is 4.40. The van der Waals surface area contributed by atoms with E-state index in [9.17, 15) is 4.79 Å². The number of fused-ring (bicyclic) bond motifs is 1. The maximum absolute atomic E-state index is 12.1. The maximum atomic E-state index is 12.1. The highest BCUT2D eigenvalue weighted by Crippen LogP contribution is 2.25. The molecule has 0 aromatic heterocycles. The van der Waals surface area contributed by atoms with Gasteiger partial charge in [-0.3, -0.25) is 4.90 Å². The topological polar surface area (TPSA) is 32.3 Å². The van der Waals surface area contributed by atoms with Gasteiger partial charge in [-0.05, 0) is 18.1 Å². The monoisotopic (exact) mass is 244 g/mol. The van der Waals surface area contributed by atoms with Gasteiger partial charge in [0.05, 0.1) is 5.69 Å². The minimum Gasteiger partial charge on any atom is -0.338 e. The van der Waals surface area contributed by atoms with E-state index in [-0.39, 0.29) is 6.03 Å². The van der Waals surface area contributed by atoms with Gasteiger partial charge in [-0.2, -0.15) is 0 Å². The second kappa shape index (κ2) is 6.24. The van der Waals surface area contributed by atoms with E-state index in [0.717, 1.165) is 30.6 Å². The first-order chi connectivity index (χ1) is 8.83. The summed E-state index contributed by atoms with van der Waals surface area (Å²) < 4.78 is 0. The number of urea groups is 1. The molecule has 18 heavy (non-hydrogen) atoms. The number of benzene rings is 1. The summed E-state index contributed by atoms with van der Waals surface area (Å²) >= 11 is 0. The van der Waals surface area contributed by atoms with Crippen molar-refractivity contribution < 1.29 is 4.79 Å². The summed E-state index contributed by atoms with van der Waals surface area (Å²) in [7, 11) is 0. The van der Waals surface area contributed by atoms with Crippen molar-refractivity contribution in [3.05, 3.63) is 35.9 Å². The number of unbranched alkanes of at least 4 members (excludes halogenated alkanes) is 2. The normalized spacial score (nSPS) is 13.3. The predicted molar refractivity (Wildman–Crippen MR) is 75.7 cm³/mol. The molecule has 0 saturated heterocycles. The van der Waals surface area contributed by atoms with E-state index in [4.69, 9.17) is 0 Å². The lowest BCUT2D eigenvalue weighted by molar-refractivity contribution is 0.246. The number of hydrogen-bond acceptors (Lipinski definition) is 1. The predicted octanol–water partition coefficient (Wildman–Crippen LogP) is 3.42. The number of amides is 2. The van der Waals surface area contributed by atoms with Gasteiger partial charge in [0.1, 0.15) is 0 Å². The Hall–Kier alpha value is -1.77. The zero-order chi connectivity index (χ0) is 12.8. The molecule has 1 aromatic rings. The minimum atomic E-state index is 0.00269. The van der Waals surface area contributed by atoms with Gasteiger partial charge in [0.2, 0.25) is 0 Å². The van der Waals surface area contributed by atoms with Gasteiger partial charge in [0.15, 0.2) is 0 Å². The summed E-state index contributed by atoms with van der Waals surface area (Å²) in [5.41, 5.74) is 2.10. The van der Waals surface area contributed by atoms with E-state index >= 15 is 0 Å². The number of nitrogens with one attached hydrogen (secondary N) is 1. The summed E-state index contributed by atoms with van der Waals surface area (Å²) in [6, 6.07) is 7.98. The fraction of sp³-hybridized carbons (Fsp3) is 0.400. The molecule has 0 saturated carbocycles. The van der Waals surface area contributed by atoms with Crippen molar-refractivity contribution in [1.29, 1.82) is 0 Å². The summed E-state index contributed by atoms with van der Waals surface area (Å²) in [6.45, 7) is 3.57. The van der Waals surface area contributed by atoms with Crippen LogP contribution in [0.15, 0.2) is 30.3 Å². The van der Waals surface area contributed by atoms with Crippen LogP contribution < -0.4 is 10.2 Å². The molecule has 1 N–H and O–H groups in total. The average molecular weight is 244 g/mol. The molecule has 0 radical (unpaired) electrons. The van der Waals surface area contributed by atoms with Gasteiger partial charge in [-0.15, -0.1) is 0 Å². The maximum Gasteiger partial charge on any atom is 0.322 e. The van der Waals surface area contributed by atoms with Crippen LogP contribution in [0.25, 0.3) is 6.08 Å². The molecule has 1 aliphatic rings. The lowest BCUT2D eigenvalue weighted by Crippen LogP contribution is -2.41. The highest BCUT2D eigenvalue weighted by atomic mass is 16.2. The second-order valence-corrected chi connectivity index (χ2v) is 4.51. The molecule has 0 unspecified atom stereocenters. The second-order valence-electron chi connectivity index (χ2n) is 4.51. The highest BCUT2D eigenvalue weighted by molar-refractivity contribution is 5.95. The Morgan fingerprint density at radius 3 is 3.00 bits per heavy atom. The molecule has 0 aliphatic carbocycles. The quantitative estimate of drug-likeness (QED) is 0.809. The van der Waals surface area contributed by atoms with E-state index in [1.165, 1.54) is 6.42 Å². The summed E-state index contributed by atoms with van der Waals surface area (Å²) in [5.74, 6) is 0. The standard InChI is InChI=1S/C15H20N2O/c1-2-3-6-11-16-15(18)17-12-7-9-13-8-4-5-10-14(13)17/h4-5,7-10H,2-3,6,11-12H2,1H3,(H,16,18). The molecular formula is C15H20N2O. The van der Waals surface area contributed by atoms with Crippen LogP contribution in [-0.2, 0) is 0 Å². The molecule has 1 aliphatic heterocycles. The number of carbonyl (C=O) groups is 1. The summed E-state index contributed by atoms with van der Waals surface area (Å²) in [6.07, 6.45) is 7.47. The van der Waals surface area contributed by atoms with Crippen molar-refractivity contribution >= 4 is 17.8 Å². The Bertz CT molecular complexity index is 440. The third-order valence-electron chi connectivity index (χ3n) is 3.11. The van der Waals surface area contributed by atoms with Crippen LogP contribution in [0.2, 0.25) is 0 Å². The molecule has 96 valence electrons. The van der Waals surface area contributed by atoms with Crippen LogP contribution in [0.3, 0.4) is 0 Å². The van der Waals surface area contributed by atoms with E-state index < -0.39 is 0 Å². The number of rotatable bonds is 4. The van der Waals surface area contributed by atoms with Gasteiger partial charge in [-0.25, -0.2) is 4.79 Å². The van der Waals surface area contributed by atoms with Crippen LogP contribution in [0.5, 0.6) is 0 Å². The summed E-state index contributed by atoms with van der Waals surface area (Å²) in [4.78, 5) is 13.9. The Balaban J connectivity index is 1.97. The van der Waals surface area contributed by atoms with Gasteiger partial charge >= 0.3 is 6.03 Å². The molecule has 2 amide bonds. The zero-order valence-electron chi connectivity index (χ0n) is 10.9. The van der Waals surface area contributed by atoms with Crippen molar-refractivity contribution in [1.82, 2.24) is 5.32 Å². The number of para-hydroxylation sites is 1. The molecular weight excluding hydrogens is 224 g/mol. The molecule has 2 rings (SSSR count). The fourth-order valence-electron chi connectivity index (χ4n) is 2.12. The molecule has 0 spiro atoms. The van der Waals surface area contributed by atoms with E-state index in [0.29, 0.717) is 6.54 Å². The van der Waals surface area contributed by atoms with Crippen molar-refractivity contribution in [2.24, 2.45) is 0 Å². The number of hydrogen-bond donors (Lipinski definition) is 1. The van der Waals surface area contributed by atoms with Crippen molar-refractivity contribution in [3.63, 3.8) is 0 Å². The smallest absolute Gasteiger partial charge is 0.322 e. The first-order valence-corrected chi connectivity index (χ1v) is 6.64. The van der Waals surface area contributed by atoms with Gasteiger partial charge in [0.25, 0.3) is 0 Å². The van der Waals surface area contributed by atoms with Gasteiger partial charge in [0, 0.05) is 13.1 Å².